The van der Waals surface area contributed by atoms with Crippen LogP contribution >= 0.6 is 0 Å². The Morgan fingerprint density at radius 3 is 2.33 bits per heavy atom. The number of nitrogens with zero attached hydrogens (tertiary/aromatic N) is 4. The lowest BCUT2D eigenvalue weighted by Gasteiger charge is -2.38. The van der Waals surface area contributed by atoms with Gasteiger partial charge in [0.05, 0.1) is 5.69 Å². The lowest BCUT2D eigenvalue weighted by molar-refractivity contribution is -0.138. The number of hydrogen-bond acceptors (Lipinski definition) is 6. The minimum atomic E-state index is -1.29. The molecule has 190 valence electrons. The van der Waals surface area contributed by atoms with Gasteiger partial charge in [0.1, 0.15) is 17.1 Å². The number of piperazine rings is 1. The lowest BCUT2D eigenvalue weighted by Crippen LogP contribution is -2.60. The first-order chi connectivity index (χ1) is 17.0. The summed E-state index contributed by atoms with van der Waals surface area (Å²) in [7, 11) is 0. The van der Waals surface area contributed by atoms with Gasteiger partial charge in [-0.05, 0) is 49.6 Å². The van der Waals surface area contributed by atoms with Crippen molar-refractivity contribution in [3.63, 3.8) is 0 Å². The molecule has 2 aliphatic rings. The molecule has 0 bridgehead atoms. The van der Waals surface area contributed by atoms with Gasteiger partial charge < -0.3 is 20.2 Å². The van der Waals surface area contributed by atoms with Gasteiger partial charge in [0.15, 0.2) is 0 Å². The molecule has 0 radical (unpaired) electrons. The van der Waals surface area contributed by atoms with Crippen LogP contribution in [-0.4, -0.2) is 80.0 Å². The summed E-state index contributed by atoms with van der Waals surface area (Å²) in [6, 6.07) is 6.59. The standard InChI is InChI=1S/C24H28N6O6/c1-24(2,27-23(35)36)20(32)28-9-11-29(12-10-28)21(33)25-19-7-8-30(22(34)26-19)17-5-3-16-14-18(31)6-4-15(16)13-17/h3,5,7-8,13,27H,4,6,9-12,14H2,1-2H3,(H,35,36)(H,25,26,33,34). The summed E-state index contributed by atoms with van der Waals surface area (Å²) in [5.41, 5.74) is 0.821. The van der Waals surface area contributed by atoms with Crippen molar-refractivity contribution >= 4 is 29.6 Å². The van der Waals surface area contributed by atoms with Crippen LogP contribution in [-0.2, 0) is 22.4 Å². The molecule has 12 nitrogen and oxygen atoms in total. The molecule has 4 rings (SSSR count). The summed E-state index contributed by atoms with van der Waals surface area (Å²) in [6.07, 6.45) is 1.80. The number of hydrogen-bond donors (Lipinski definition) is 3. The van der Waals surface area contributed by atoms with E-state index in [0.717, 1.165) is 11.1 Å². The van der Waals surface area contributed by atoms with Crippen molar-refractivity contribution in [1.29, 1.82) is 0 Å². The molecule has 0 saturated carbocycles. The van der Waals surface area contributed by atoms with Crippen LogP contribution in [0.5, 0.6) is 0 Å². The monoisotopic (exact) mass is 496 g/mol. The maximum absolute atomic E-state index is 12.7. The van der Waals surface area contributed by atoms with Gasteiger partial charge in [-0.2, -0.15) is 4.98 Å². The number of ketones is 1. The Kier molecular flexibility index (Phi) is 6.77. The molecule has 1 aromatic carbocycles. The van der Waals surface area contributed by atoms with Gasteiger partial charge in [0, 0.05) is 45.2 Å². The van der Waals surface area contributed by atoms with Crippen molar-refractivity contribution in [2.24, 2.45) is 0 Å². The van der Waals surface area contributed by atoms with Crippen molar-refractivity contribution in [1.82, 2.24) is 24.7 Å². The molecule has 1 aliphatic heterocycles. The van der Waals surface area contributed by atoms with E-state index < -0.39 is 23.4 Å². The van der Waals surface area contributed by atoms with Crippen molar-refractivity contribution in [2.75, 3.05) is 31.5 Å². The second-order valence-corrected chi connectivity index (χ2v) is 9.40. The quantitative estimate of drug-likeness (QED) is 0.571. The van der Waals surface area contributed by atoms with Crippen molar-refractivity contribution in [3.8, 4) is 5.69 Å². The summed E-state index contributed by atoms with van der Waals surface area (Å²) in [5, 5.41) is 13.7. The van der Waals surface area contributed by atoms with Crippen LogP contribution in [0.1, 0.15) is 31.4 Å². The van der Waals surface area contributed by atoms with Gasteiger partial charge >= 0.3 is 17.8 Å². The van der Waals surface area contributed by atoms with Crippen molar-refractivity contribution in [2.45, 2.75) is 38.6 Å². The fraction of sp³-hybridized carbons (Fsp3) is 0.417. The summed E-state index contributed by atoms with van der Waals surface area (Å²) >= 11 is 0. The van der Waals surface area contributed by atoms with Crippen LogP contribution in [0.3, 0.4) is 0 Å². The zero-order valence-electron chi connectivity index (χ0n) is 20.1. The molecule has 3 N–H and O–H groups in total. The largest absolute Gasteiger partial charge is 0.465 e. The maximum Gasteiger partial charge on any atom is 0.405 e. The number of aryl methyl sites for hydroxylation is 1. The zero-order valence-corrected chi connectivity index (χ0v) is 20.1. The molecule has 0 unspecified atom stereocenters. The summed E-state index contributed by atoms with van der Waals surface area (Å²) in [6.45, 7) is 3.96. The van der Waals surface area contributed by atoms with Gasteiger partial charge in [-0.25, -0.2) is 14.4 Å². The Morgan fingerprint density at radius 2 is 1.67 bits per heavy atom. The number of fused-ring (bicyclic) bond motifs is 1. The van der Waals surface area contributed by atoms with E-state index in [2.05, 4.69) is 15.6 Å². The molecule has 1 fully saturated rings. The number of carbonyl (C=O) groups is 4. The predicted molar refractivity (Wildman–Crippen MR) is 129 cm³/mol. The number of anilines is 1. The van der Waals surface area contributed by atoms with Gasteiger partial charge in [-0.15, -0.1) is 0 Å². The van der Waals surface area contributed by atoms with Crippen molar-refractivity contribution in [3.05, 3.63) is 52.1 Å². The minimum Gasteiger partial charge on any atom is -0.465 e. The Bertz CT molecular complexity index is 1280. The van der Waals surface area contributed by atoms with E-state index in [-0.39, 0.29) is 43.7 Å². The highest BCUT2D eigenvalue weighted by Gasteiger charge is 2.35. The highest BCUT2D eigenvalue weighted by Crippen LogP contribution is 2.22. The average Bonchev–Trinajstić information content (AvgIpc) is 2.82. The first-order valence-electron chi connectivity index (χ1n) is 11.6. The molecule has 1 aromatic heterocycles. The second kappa shape index (κ2) is 9.80. The predicted octanol–water partition coefficient (Wildman–Crippen LogP) is 1.01. The molecular weight excluding hydrogens is 468 g/mol. The Morgan fingerprint density at radius 1 is 0.972 bits per heavy atom. The molecular formula is C24H28N6O6. The topological polar surface area (TPSA) is 154 Å². The first kappa shape index (κ1) is 24.9. The SMILES string of the molecule is CC(C)(NC(=O)O)C(=O)N1CCN(C(=O)Nc2ccn(-c3ccc4c(c3)CCC(=O)C4)c(=O)n2)CC1. The lowest BCUT2D eigenvalue weighted by atomic mass is 9.90. The van der Waals surface area contributed by atoms with E-state index >= 15 is 0 Å². The number of urea groups is 1. The maximum atomic E-state index is 12.7. The van der Waals surface area contributed by atoms with E-state index in [1.807, 2.05) is 12.1 Å². The summed E-state index contributed by atoms with van der Waals surface area (Å²) in [5.74, 6) is -0.0552. The van der Waals surface area contributed by atoms with Crippen LogP contribution in [0.15, 0.2) is 35.3 Å². The smallest absolute Gasteiger partial charge is 0.405 e. The summed E-state index contributed by atoms with van der Waals surface area (Å²) < 4.78 is 1.38. The normalized spacial score (nSPS) is 15.8. The van der Waals surface area contributed by atoms with Crippen LogP contribution in [0, 0.1) is 0 Å². The number of aromatic nitrogens is 2. The molecule has 1 saturated heterocycles. The van der Waals surface area contributed by atoms with Gasteiger partial charge in [0.25, 0.3) is 0 Å². The Balaban J connectivity index is 1.37. The number of rotatable bonds is 4. The molecule has 1 aliphatic carbocycles. The van der Waals surface area contributed by atoms with E-state index in [9.17, 15) is 24.0 Å². The van der Waals surface area contributed by atoms with E-state index in [4.69, 9.17) is 5.11 Å². The number of Topliss-reactive ketones (excluding diaryl/α,β-unsaturated/α-hetero) is 1. The van der Waals surface area contributed by atoms with Crippen LogP contribution in [0.4, 0.5) is 15.4 Å². The number of carbonyl (C=O) groups excluding carboxylic acids is 3. The van der Waals surface area contributed by atoms with Gasteiger partial charge in [-0.1, -0.05) is 6.07 Å². The Labute approximate surface area is 206 Å². The highest BCUT2D eigenvalue weighted by molar-refractivity contribution is 5.90. The van der Waals surface area contributed by atoms with Crippen LogP contribution in [0.25, 0.3) is 5.69 Å². The Hall–Kier alpha value is -4.22. The molecule has 2 heterocycles. The third kappa shape index (κ3) is 5.37. The average molecular weight is 497 g/mol. The highest BCUT2D eigenvalue weighted by atomic mass is 16.4. The fourth-order valence-electron chi connectivity index (χ4n) is 4.43. The third-order valence-corrected chi connectivity index (χ3v) is 6.38. The van der Waals surface area contributed by atoms with E-state index in [0.29, 0.717) is 24.9 Å². The number of benzene rings is 1. The number of amides is 4. The molecule has 0 atom stereocenters. The van der Waals surface area contributed by atoms with Crippen LogP contribution < -0.4 is 16.3 Å². The number of carboxylic acid groups (broad SMARTS) is 1. The summed E-state index contributed by atoms with van der Waals surface area (Å²) in [4.78, 5) is 67.5. The van der Waals surface area contributed by atoms with Gasteiger partial charge in [-0.3, -0.25) is 19.5 Å². The molecule has 0 spiro atoms. The first-order valence-corrected chi connectivity index (χ1v) is 11.6. The van der Waals surface area contributed by atoms with E-state index in [1.54, 1.807) is 6.07 Å². The minimum absolute atomic E-state index is 0.107. The fourth-order valence-corrected chi connectivity index (χ4v) is 4.43. The molecule has 12 heteroatoms. The van der Waals surface area contributed by atoms with Crippen molar-refractivity contribution < 1.29 is 24.3 Å². The second-order valence-electron chi connectivity index (χ2n) is 9.40. The van der Waals surface area contributed by atoms with Crippen LogP contribution in [0.2, 0.25) is 0 Å². The zero-order chi connectivity index (χ0) is 26.0. The third-order valence-electron chi connectivity index (χ3n) is 6.38. The molecule has 2 aromatic rings. The number of nitrogens with one attached hydrogen (secondary N) is 2. The molecule has 4 amide bonds. The van der Waals surface area contributed by atoms with Gasteiger partial charge in [0.2, 0.25) is 5.91 Å². The van der Waals surface area contributed by atoms with E-state index in [1.165, 1.54) is 40.5 Å². The molecule has 36 heavy (non-hydrogen) atoms.